The molecule has 0 radical (unpaired) electrons. The van der Waals surface area contributed by atoms with Crippen LogP contribution in [0.5, 0.6) is 0 Å². The molecule has 0 amide bonds. The molecule has 0 aromatic carbocycles. The number of aromatic nitrogens is 6. The highest BCUT2D eigenvalue weighted by Crippen LogP contribution is 2.37. The number of fused-ring (bicyclic) bond motifs is 3. The molecule has 10 heteroatoms. The number of imidazole rings is 1. The van der Waals surface area contributed by atoms with Gasteiger partial charge in [-0.15, -0.1) is 0 Å². The maximum absolute atomic E-state index is 14.3. The number of hydrogen-bond acceptors (Lipinski definition) is 8. The van der Waals surface area contributed by atoms with Crippen LogP contribution in [0.15, 0.2) is 12.4 Å². The Morgan fingerprint density at radius 3 is 2.73 bits per heavy atom. The zero-order valence-electron chi connectivity index (χ0n) is 17.3. The second-order valence-electron chi connectivity index (χ2n) is 8.37. The van der Waals surface area contributed by atoms with Gasteiger partial charge in [0.05, 0.1) is 18.7 Å². The Kier molecular flexibility index (Phi) is 4.35. The molecule has 0 aliphatic carbocycles. The molecule has 5 heterocycles. The van der Waals surface area contributed by atoms with Crippen molar-refractivity contribution in [1.29, 1.82) is 0 Å². The molecule has 158 valence electrons. The lowest BCUT2D eigenvalue weighted by atomic mass is 10.1. The van der Waals surface area contributed by atoms with Gasteiger partial charge < -0.3 is 19.9 Å². The van der Waals surface area contributed by atoms with Gasteiger partial charge in [0.1, 0.15) is 17.6 Å². The molecule has 9 nitrogen and oxygen atoms in total. The molecule has 1 fully saturated rings. The van der Waals surface area contributed by atoms with E-state index >= 15 is 0 Å². The highest BCUT2D eigenvalue weighted by atomic mass is 19.1. The van der Waals surface area contributed by atoms with Crippen molar-refractivity contribution in [1.82, 2.24) is 29.5 Å². The molecule has 2 N–H and O–H groups in total. The molecule has 2 atom stereocenters. The van der Waals surface area contributed by atoms with E-state index in [1.165, 1.54) is 0 Å². The minimum atomic E-state index is -0.889. The quantitative estimate of drug-likeness (QED) is 0.699. The zero-order chi connectivity index (χ0) is 21.0. The Bertz CT molecular complexity index is 1100. The first-order valence-electron chi connectivity index (χ1n) is 10.3. The Balaban J connectivity index is 1.76. The van der Waals surface area contributed by atoms with Crippen LogP contribution in [0.1, 0.15) is 39.4 Å². The van der Waals surface area contributed by atoms with E-state index in [0.29, 0.717) is 48.8 Å². The van der Waals surface area contributed by atoms with Crippen molar-refractivity contribution in [3.63, 3.8) is 0 Å². The summed E-state index contributed by atoms with van der Waals surface area (Å²) in [7, 11) is 0. The lowest BCUT2D eigenvalue weighted by Gasteiger charge is -2.30. The SMILES string of the molecule is CCC1C[C@@H](F)CN1c1nc(-c2cnc(N)nc2)nc2c1nc1n2CCOC1(C)C. The fourth-order valence-electron chi connectivity index (χ4n) is 4.40. The van der Waals surface area contributed by atoms with Crippen molar-refractivity contribution < 1.29 is 9.13 Å². The summed E-state index contributed by atoms with van der Waals surface area (Å²) in [4.78, 5) is 24.7. The molecule has 3 aromatic heterocycles. The highest BCUT2D eigenvalue weighted by Gasteiger charge is 2.37. The molecule has 2 aliphatic rings. The van der Waals surface area contributed by atoms with Crippen LogP contribution in [0.25, 0.3) is 22.6 Å². The van der Waals surface area contributed by atoms with Gasteiger partial charge in [-0.1, -0.05) is 6.92 Å². The third kappa shape index (κ3) is 2.97. The summed E-state index contributed by atoms with van der Waals surface area (Å²) in [6.07, 6.45) is 3.64. The van der Waals surface area contributed by atoms with Crippen LogP contribution in [0.4, 0.5) is 16.2 Å². The minimum absolute atomic E-state index is 0.0663. The lowest BCUT2D eigenvalue weighted by Crippen LogP contribution is -2.33. The summed E-state index contributed by atoms with van der Waals surface area (Å²) in [6.45, 7) is 7.57. The Morgan fingerprint density at radius 1 is 1.23 bits per heavy atom. The third-order valence-corrected chi connectivity index (χ3v) is 5.93. The zero-order valence-corrected chi connectivity index (χ0v) is 17.3. The third-order valence-electron chi connectivity index (χ3n) is 5.93. The van der Waals surface area contributed by atoms with Crippen LogP contribution in [-0.4, -0.2) is 54.9 Å². The monoisotopic (exact) mass is 412 g/mol. The summed E-state index contributed by atoms with van der Waals surface area (Å²) >= 11 is 0. The summed E-state index contributed by atoms with van der Waals surface area (Å²) in [5.41, 5.74) is 7.14. The second-order valence-corrected chi connectivity index (χ2v) is 8.37. The topological polar surface area (TPSA) is 108 Å². The predicted molar refractivity (Wildman–Crippen MR) is 111 cm³/mol. The molecule has 0 saturated carbocycles. The largest absolute Gasteiger partial charge is 0.368 e. The van der Waals surface area contributed by atoms with Crippen molar-refractivity contribution in [2.75, 3.05) is 23.8 Å². The van der Waals surface area contributed by atoms with Gasteiger partial charge in [0.2, 0.25) is 5.95 Å². The van der Waals surface area contributed by atoms with E-state index in [1.54, 1.807) is 12.4 Å². The van der Waals surface area contributed by atoms with Crippen LogP contribution in [0, 0.1) is 0 Å². The van der Waals surface area contributed by atoms with Crippen LogP contribution < -0.4 is 10.6 Å². The number of nitrogens with two attached hydrogens (primary N) is 1. The standard InChI is InChI=1S/C20H25FN8O/c1-4-13-7-12(21)10-29(13)17-14-16(28-5-6-30-20(2,3)18(28)25-14)26-15(27-17)11-8-23-19(22)24-9-11/h8-9,12-13H,4-7,10H2,1-3H3,(H2,22,23,24)/t12-,13?/m1/s1. The average molecular weight is 412 g/mol. The van der Waals surface area contributed by atoms with Crippen LogP contribution >= 0.6 is 0 Å². The van der Waals surface area contributed by atoms with Crippen molar-refractivity contribution in [2.45, 2.75) is 58.0 Å². The van der Waals surface area contributed by atoms with Crippen molar-refractivity contribution in [3.8, 4) is 11.4 Å². The molecule has 1 unspecified atom stereocenters. The number of anilines is 2. The summed E-state index contributed by atoms with van der Waals surface area (Å²) in [6, 6.07) is 0.0663. The van der Waals surface area contributed by atoms with E-state index in [-0.39, 0.29) is 12.0 Å². The molecule has 3 aromatic rings. The van der Waals surface area contributed by atoms with Gasteiger partial charge in [-0.05, 0) is 20.3 Å². The molecule has 1 saturated heterocycles. The van der Waals surface area contributed by atoms with E-state index in [9.17, 15) is 4.39 Å². The molecule has 0 spiro atoms. The van der Waals surface area contributed by atoms with Gasteiger partial charge in [-0.25, -0.2) is 29.3 Å². The van der Waals surface area contributed by atoms with E-state index in [4.69, 9.17) is 25.4 Å². The summed E-state index contributed by atoms with van der Waals surface area (Å²) in [5, 5.41) is 0. The number of nitrogens with zero attached hydrogens (tertiary/aromatic N) is 7. The molecule has 0 bridgehead atoms. The average Bonchev–Trinajstić information content (AvgIpc) is 3.29. The van der Waals surface area contributed by atoms with Crippen molar-refractivity contribution >= 4 is 22.9 Å². The van der Waals surface area contributed by atoms with Crippen molar-refractivity contribution in [3.05, 3.63) is 18.2 Å². The molecule has 30 heavy (non-hydrogen) atoms. The van der Waals surface area contributed by atoms with Crippen LogP contribution in [-0.2, 0) is 16.9 Å². The molecular weight excluding hydrogens is 387 g/mol. The number of rotatable bonds is 3. The van der Waals surface area contributed by atoms with Crippen LogP contribution in [0.2, 0.25) is 0 Å². The smallest absolute Gasteiger partial charge is 0.219 e. The molecular formula is C20H25FN8O. The number of hydrogen-bond donors (Lipinski definition) is 1. The molecule has 2 aliphatic heterocycles. The highest BCUT2D eigenvalue weighted by molar-refractivity contribution is 5.87. The Labute approximate surface area is 173 Å². The van der Waals surface area contributed by atoms with Gasteiger partial charge in [0.25, 0.3) is 0 Å². The maximum Gasteiger partial charge on any atom is 0.219 e. The fourth-order valence-corrected chi connectivity index (χ4v) is 4.40. The van der Waals surface area contributed by atoms with Crippen molar-refractivity contribution in [2.24, 2.45) is 0 Å². The summed E-state index contributed by atoms with van der Waals surface area (Å²) in [5.74, 6) is 2.11. The second kappa shape index (κ2) is 6.83. The predicted octanol–water partition coefficient (Wildman–Crippen LogP) is 2.46. The van der Waals surface area contributed by atoms with Gasteiger partial charge in [0, 0.05) is 31.4 Å². The summed E-state index contributed by atoms with van der Waals surface area (Å²) < 4.78 is 22.4. The number of halogens is 1. The van der Waals surface area contributed by atoms with E-state index < -0.39 is 11.8 Å². The molecule has 5 rings (SSSR count). The number of ether oxygens (including phenoxy) is 1. The fraction of sp³-hybridized carbons (Fsp3) is 0.550. The Morgan fingerprint density at radius 2 is 2.00 bits per heavy atom. The maximum atomic E-state index is 14.3. The van der Waals surface area contributed by atoms with Gasteiger partial charge in [-0.2, -0.15) is 0 Å². The minimum Gasteiger partial charge on any atom is -0.368 e. The lowest BCUT2D eigenvalue weighted by molar-refractivity contribution is -0.0530. The van der Waals surface area contributed by atoms with Gasteiger partial charge in [0.15, 0.2) is 22.8 Å². The van der Waals surface area contributed by atoms with E-state index in [1.807, 2.05) is 18.7 Å². The number of alkyl halides is 1. The normalized spacial score (nSPS) is 23.1. The first-order valence-corrected chi connectivity index (χ1v) is 10.3. The Hall–Kier alpha value is -2.88. The number of nitrogen functional groups attached to an aromatic ring is 1. The first kappa shape index (κ1) is 19.1. The van der Waals surface area contributed by atoms with E-state index in [0.717, 1.165) is 17.9 Å². The van der Waals surface area contributed by atoms with Crippen LogP contribution in [0.3, 0.4) is 0 Å². The van der Waals surface area contributed by atoms with Gasteiger partial charge in [-0.3, -0.25) is 0 Å². The first-order chi connectivity index (χ1) is 14.4. The van der Waals surface area contributed by atoms with E-state index in [2.05, 4.69) is 21.5 Å². The van der Waals surface area contributed by atoms with Gasteiger partial charge >= 0.3 is 0 Å².